The van der Waals surface area contributed by atoms with Crippen LogP contribution in [0.1, 0.15) is 23.6 Å². The van der Waals surface area contributed by atoms with Gasteiger partial charge in [0.15, 0.2) is 6.10 Å². The summed E-state index contributed by atoms with van der Waals surface area (Å²) in [7, 11) is 0. The summed E-state index contributed by atoms with van der Waals surface area (Å²) in [5.41, 5.74) is 2.01. The molecule has 2 aliphatic rings. The number of aliphatic carboxylic acids is 1. The first-order chi connectivity index (χ1) is 13.3. The van der Waals surface area contributed by atoms with Crippen molar-refractivity contribution in [2.75, 3.05) is 6.54 Å². The third kappa shape index (κ3) is 3.68. The average molecular weight is 391 g/mol. The van der Waals surface area contributed by atoms with Crippen molar-refractivity contribution in [3.63, 3.8) is 0 Å². The van der Waals surface area contributed by atoms with E-state index in [9.17, 15) is 24.9 Å². The lowest BCUT2D eigenvalue weighted by atomic mass is 9.99. The molecular weight excluding hydrogens is 370 g/mol. The Bertz CT molecular complexity index is 790. The molecule has 0 radical (unpaired) electrons. The van der Waals surface area contributed by atoms with E-state index in [0.29, 0.717) is 6.42 Å². The monoisotopic (exact) mass is 391 g/mol. The third-order valence-electron chi connectivity index (χ3n) is 5.00. The summed E-state index contributed by atoms with van der Waals surface area (Å²) in [5.74, 6) is 0.821. The zero-order chi connectivity index (χ0) is 20.4. The van der Waals surface area contributed by atoms with Crippen molar-refractivity contribution >= 4 is 12.1 Å². The molecule has 0 spiro atoms. The highest BCUT2D eigenvalue weighted by molar-refractivity contribution is 5.73. The molecule has 1 heterocycles. The van der Waals surface area contributed by atoms with Gasteiger partial charge in [0, 0.05) is 0 Å². The molecule has 6 atom stereocenters. The number of benzene rings is 1. The van der Waals surface area contributed by atoms with Crippen molar-refractivity contribution in [3.8, 4) is 12.3 Å². The smallest absolute Gasteiger partial charge is 0.413 e. The van der Waals surface area contributed by atoms with Gasteiger partial charge in [-0.15, -0.1) is 6.42 Å². The normalized spacial score (nSPS) is 31.5. The fraction of sp³-hybridized carbons (Fsp3) is 0.474. The first-order valence-corrected chi connectivity index (χ1v) is 8.76. The van der Waals surface area contributed by atoms with Crippen LogP contribution in [0, 0.1) is 12.3 Å². The van der Waals surface area contributed by atoms with E-state index >= 15 is 0 Å². The predicted molar refractivity (Wildman–Crippen MR) is 93.8 cm³/mol. The van der Waals surface area contributed by atoms with Crippen molar-refractivity contribution in [2.45, 2.75) is 49.6 Å². The lowest BCUT2D eigenvalue weighted by Crippen LogP contribution is -2.61. The number of hydrogen-bond acceptors (Lipinski definition) is 7. The van der Waals surface area contributed by atoms with Crippen molar-refractivity contribution in [1.82, 2.24) is 4.90 Å². The van der Waals surface area contributed by atoms with Crippen molar-refractivity contribution in [1.29, 1.82) is 0 Å². The molecule has 9 nitrogen and oxygen atoms in total. The molecule has 0 saturated carbocycles. The van der Waals surface area contributed by atoms with Gasteiger partial charge in [-0.05, 0) is 24.0 Å². The zero-order valence-corrected chi connectivity index (χ0v) is 14.8. The Morgan fingerprint density at radius 1 is 1.21 bits per heavy atom. The number of aryl methyl sites for hydroxylation is 1. The molecule has 150 valence electrons. The molecule has 6 unspecified atom stereocenters. The van der Waals surface area contributed by atoms with Gasteiger partial charge < -0.3 is 29.9 Å². The van der Waals surface area contributed by atoms with Crippen LogP contribution >= 0.6 is 0 Å². The number of carboxylic acid groups (broad SMARTS) is 1. The fourth-order valence-electron chi connectivity index (χ4n) is 3.58. The number of fused-ring (bicyclic) bond motifs is 1. The molecule has 0 aromatic heterocycles. The van der Waals surface area contributed by atoms with Crippen LogP contribution in [0.25, 0.3) is 0 Å². The average Bonchev–Trinajstić information content (AvgIpc) is 3.10. The number of carboxylic acids is 1. The highest BCUT2D eigenvalue weighted by atomic mass is 16.7. The second-order valence-electron chi connectivity index (χ2n) is 6.70. The quantitative estimate of drug-likeness (QED) is 0.511. The van der Waals surface area contributed by atoms with Gasteiger partial charge in [-0.2, -0.15) is 0 Å². The summed E-state index contributed by atoms with van der Waals surface area (Å²) in [6.07, 6.45) is -3.33. The summed E-state index contributed by atoms with van der Waals surface area (Å²) in [6.45, 7) is -0.0752. The van der Waals surface area contributed by atoms with E-state index < -0.39 is 42.8 Å². The zero-order valence-electron chi connectivity index (χ0n) is 14.8. The number of hydrogen-bond donors (Lipinski definition) is 4. The molecular formula is C19H21NO8. The molecule has 9 heteroatoms. The maximum absolute atomic E-state index is 12.7. The van der Waals surface area contributed by atoms with E-state index in [-0.39, 0.29) is 12.6 Å². The Labute approximate surface area is 161 Å². The van der Waals surface area contributed by atoms with E-state index in [1.54, 1.807) is 0 Å². The minimum atomic E-state index is -1.87. The first-order valence-electron chi connectivity index (χ1n) is 8.76. The number of rotatable bonds is 4. The van der Waals surface area contributed by atoms with Crippen LogP contribution in [0.2, 0.25) is 0 Å². The van der Waals surface area contributed by atoms with E-state index in [1.165, 1.54) is 4.90 Å². The van der Waals surface area contributed by atoms with E-state index in [1.807, 2.05) is 24.3 Å². The maximum Gasteiger partial charge on any atom is 0.413 e. The van der Waals surface area contributed by atoms with Crippen LogP contribution in [-0.2, 0) is 20.7 Å². The van der Waals surface area contributed by atoms with Crippen LogP contribution in [0.4, 0.5) is 4.79 Å². The fourth-order valence-corrected chi connectivity index (χ4v) is 3.58. The van der Waals surface area contributed by atoms with Crippen LogP contribution in [0.15, 0.2) is 24.3 Å². The second kappa shape index (κ2) is 8.16. The Kier molecular flexibility index (Phi) is 5.86. The SMILES string of the molecule is C#CCN(C(=O)OC1OC(C(=O)O)C(O)C(O)C1O)C1CCc2ccccc21. The summed E-state index contributed by atoms with van der Waals surface area (Å²) in [4.78, 5) is 25.2. The van der Waals surface area contributed by atoms with Crippen LogP contribution in [0.5, 0.6) is 0 Å². The lowest BCUT2D eigenvalue weighted by Gasteiger charge is -2.39. The largest absolute Gasteiger partial charge is 0.479 e. The Morgan fingerprint density at radius 3 is 2.61 bits per heavy atom. The highest BCUT2D eigenvalue weighted by Gasteiger charge is 2.49. The number of amides is 1. The van der Waals surface area contributed by atoms with Crippen molar-refractivity contribution < 1.29 is 39.5 Å². The van der Waals surface area contributed by atoms with Gasteiger partial charge in [0.25, 0.3) is 0 Å². The predicted octanol–water partition coefficient (Wildman–Crippen LogP) is -0.362. The summed E-state index contributed by atoms with van der Waals surface area (Å²) in [6, 6.07) is 7.25. The molecule has 1 fully saturated rings. The Hall–Kier alpha value is -2.64. The van der Waals surface area contributed by atoms with Gasteiger partial charge in [0.2, 0.25) is 6.29 Å². The molecule has 28 heavy (non-hydrogen) atoms. The van der Waals surface area contributed by atoms with Gasteiger partial charge in [-0.1, -0.05) is 30.2 Å². The number of carbonyl (C=O) groups is 2. The molecule has 1 aliphatic heterocycles. The molecule has 3 rings (SSSR count). The Morgan fingerprint density at radius 2 is 1.93 bits per heavy atom. The minimum Gasteiger partial charge on any atom is -0.479 e. The number of aliphatic hydroxyl groups excluding tert-OH is 3. The van der Waals surface area contributed by atoms with Gasteiger partial charge >= 0.3 is 12.1 Å². The van der Waals surface area contributed by atoms with Crippen LogP contribution in [-0.4, -0.2) is 74.6 Å². The first kappa shape index (κ1) is 20.1. The lowest BCUT2D eigenvalue weighted by molar-refractivity contribution is -0.280. The molecule has 0 bridgehead atoms. The van der Waals surface area contributed by atoms with Crippen LogP contribution in [0.3, 0.4) is 0 Å². The standard InChI is InChI=1S/C19H21NO8/c1-2-9-20(12-8-7-10-5-3-4-6-11(10)12)19(26)28-18-15(23)13(21)14(22)16(27-18)17(24)25/h1,3-6,12-16,18,21-23H,7-9H2,(H,24,25). The number of nitrogens with zero attached hydrogens (tertiary/aromatic N) is 1. The third-order valence-corrected chi connectivity index (χ3v) is 5.00. The minimum absolute atomic E-state index is 0.0752. The highest BCUT2D eigenvalue weighted by Crippen LogP contribution is 2.36. The summed E-state index contributed by atoms with van der Waals surface area (Å²) < 4.78 is 10.1. The molecule has 1 aromatic rings. The number of ether oxygens (including phenoxy) is 2. The molecule has 1 amide bonds. The van der Waals surface area contributed by atoms with Gasteiger partial charge in [-0.25, -0.2) is 9.59 Å². The van der Waals surface area contributed by atoms with Gasteiger partial charge in [0.05, 0.1) is 12.6 Å². The van der Waals surface area contributed by atoms with Crippen LogP contribution < -0.4 is 0 Å². The number of terminal acetylenes is 1. The Balaban J connectivity index is 1.78. The van der Waals surface area contributed by atoms with Gasteiger partial charge in [0.1, 0.15) is 18.3 Å². The summed E-state index contributed by atoms with van der Waals surface area (Å²) >= 11 is 0. The maximum atomic E-state index is 12.7. The van der Waals surface area contributed by atoms with E-state index in [0.717, 1.165) is 17.5 Å². The number of carbonyl (C=O) groups excluding carboxylic acids is 1. The molecule has 4 N–H and O–H groups in total. The van der Waals surface area contributed by atoms with E-state index in [2.05, 4.69) is 5.92 Å². The van der Waals surface area contributed by atoms with E-state index in [4.69, 9.17) is 21.0 Å². The molecule has 1 aliphatic carbocycles. The van der Waals surface area contributed by atoms with Crippen molar-refractivity contribution in [3.05, 3.63) is 35.4 Å². The number of aliphatic hydroxyl groups is 3. The van der Waals surface area contributed by atoms with Crippen molar-refractivity contribution in [2.24, 2.45) is 0 Å². The topological polar surface area (TPSA) is 137 Å². The summed E-state index contributed by atoms with van der Waals surface area (Å²) in [5, 5.41) is 38.7. The van der Waals surface area contributed by atoms with Gasteiger partial charge in [-0.3, -0.25) is 4.90 Å². The second-order valence-corrected chi connectivity index (χ2v) is 6.70. The molecule has 1 saturated heterocycles. The molecule has 1 aromatic carbocycles.